The number of ether oxygens (including phenoxy) is 1. The molecule has 2 aromatic rings. The molecule has 1 aliphatic rings. The van der Waals surface area contributed by atoms with Crippen molar-refractivity contribution in [3.63, 3.8) is 0 Å². The molecule has 0 aromatic heterocycles. The molecule has 0 bridgehead atoms. The van der Waals surface area contributed by atoms with Gasteiger partial charge in [0.25, 0.3) is 0 Å². The lowest BCUT2D eigenvalue weighted by Gasteiger charge is -2.35. The van der Waals surface area contributed by atoms with Crippen LogP contribution in [0.25, 0.3) is 0 Å². The van der Waals surface area contributed by atoms with Gasteiger partial charge in [0.05, 0.1) is 11.0 Å². The van der Waals surface area contributed by atoms with Crippen molar-refractivity contribution >= 4 is 5.97 Å². The highest BCUT2D eigenvalue weighted by molar-refractivity contribution is 5.85. The number of carbonyl (C=O) groups is 1. The van der Waals surface area contributed by atoms with Gasteiger partial charge >= 0.3 is 5.97 Å². The first-order valence-corrected chi connectivity index (χ1v) is 12.8. The number of benzene rings is 2. The van der Waals surface area contributed by atoms with Crippen molar-refractivity contribution in [1.29, 1.82) is 5.26 Å². The Hall–Kier alpha value is -2.60. The van der Waals surface area contributed by atoms with E-state index in [1.807, 2.05) is 18.2 Å². The minimum Gasteiger partial charge on any atom is -0.424 e. The van der Waals surface area contributed by atoms with Gasteiger partial charge in [-0.1, -0.05) is 83.2 Å². The maximum atomic E-state index is 13.6. The maximum absolute atomic E-state index is 13.6. The van der Waals surface area contributed by atoms with E-state index in [4.69, 9.17) is 4.74 Å². The normalized spacial score (nSPS) is 15.2. The number of unbranched alkanes of at least 4 members (excludes halogenated alkanes) is 2. The summed E-state index contributed by atoms with van der Waals surface area (Å²) in [4.78, 5) is 13.6. The fourth-order valence-electron chi connectivity index (χ4n) is 4.90. The minimum absolute atomic E-state index is 0.215. The zero-order valence-electron chi connectivity index (χ0n) is 20.7. The van der Waals surface area contributed by atoms with Crippen molar-refractivity contribution in [3.8, 4) is 11.8 Å². The quantitative estimate of drug-likeness (QED) is 0.214. The van der Waals surface area contributed by atoms with E-state index in [1.54, 1.807) is 0 Å². The van der Waals surface area contributed by atoms with Crippen LogP contribution in [-0.2, 0) is 23.1 Å². The first kappa shape index (κ1) is 25.0. The molecule has 0 atom stereocenters. The van der Waals surface area contributed by atoms with Gasteiger partial charge in [0.15, 0.2) is 0 Å². The number of hydrogen-bond donors (Lipinski definition) is 0. The summed E-state index contributed by atoms with van der Waals surface area (Å²) in [6.07, 6.45) is 11.4. The van der Waals surface area contributed by atoms with E-state index in [0.717, 1.165) is 68.9 Å². The molecule has 0 amide bonds. The van der Waals surface area contributed by atoms with Crippen LogP contribution in [0.2, 0.25) is 0 Å². The highest BCUT2D eigenvalue weighted by atomic mass is 16.5. The van der Waals surface area contributed by atoms with Gasteiger partial charge in [-0.2, -0.15) is 5.26 Å². The van der Waals surface area contributed by atoms with Gasteiger partial charge in [0.2, 0.25) is 0 Å². The van der Waals surface area contributed by atoms with E-state index >= 15 is 0 Å². The van der Waals surface area contributed by atoms with Crippen LogP contribution in [0.4, 0.5) is 0 Å². The van der Waals surface area contributed by atoms with Crippen LogP contribution in [0.5, 0.6) is 5.75 Å². The van der Waals surface area contributed by atoms with E-state index in [0.29, 0.717) is 17.2 Å². The summed E-state index contributed by atoms with van der Waals surface area (Å²) in [5.74, 6) is 0.851. The minimum atomic E-state index is -0.624. The highest BCUT2D eigenvalue weighted by Gasteiger charge is 2.43. The average molecular weight is 446 g/mol. The van der Waals surface area contributed by atoms with Crippen LogP contribution in [0.3, 0.4) is 0 Å². The Labute approximate surface area is 200 Å². The van der Waals surface area contributed by atoms with Crippen LogP contribution in [-0.4, -0.2) is 5.97 Å². The molecule has 33 heavy (non-hydrogen) atoms. The molecule has 3 nitrogen and oxygen atoms in total. The van der Waals surface area contributed by atoms with Crippen LogP contribution in [0.15, 0.2) is 42.5 Å². The molecule has 176 valence electrons. The van der Waals surface area contributed by atoms with Gasteiger partial charge in [-0.25, -0.2) is 0 Å². The number of nitriles is 1. The van der Waals surface area contributed by atoms with Gasteiger partial charge in [-0.05, 0) is 73.3 Å². The van der Waals surface area contributed by atoms with Crippen LogP contribution in [0, 0.1) is 17.2 Å². The number of aryl methyl sites for hydroxylation is 2. The summed E-state index contributed by atoms with van der Waals surface area (Å²) in [7, 11) is 0. The van der Waals surface area contributed by atoms with Crippen molar-refractivity contribution in [3.05, 3.63) is 64.7 Å². The highest BCUT2D eigenvalue weighted by Crippen LogP contribution is 2.41. The smallest absolute Gasteiger partial charge is 0.321 e. The second kappa shape index (κ2) is 12.0. The molecular formula is C30H39NO2. The average Bonchev–Trinajstić information content (AvgIpc) is 2.84. The summed E-state index contributed by atoms with van der Waals surface area (Å²) in [6.45, 7) is 6.67. The first-order valence-electron chi connectivity index (χ1n) is 12.8. The molecule has 1 fully saturated rings. The second-order valence-corrected chi connectivity index (χ2v) is 10.1. The second-order valence-electron chi connectivity index (χ2n) is 10.1. The molecule has 3 heteroatoms. The van der Waals surface area contributed by atoms with E-state index in [-0.39, 0.29) is 5.97 Å². The van der Waals surface area contributed by atoms with Crippen molar-refractivity contribution in [2.24, 2.45) is 5.92 Å². The topological polar surface area (TPSA) is 50.1 Å². The lowest BCUT2D eigenvalue weighted by molar-refractivity contribution is -0.142. The summed E-state index contributed by atoms with van der Waals surface area (Å²) in [5, 5.41) is 9.70. The summed E-state index contributed by atoms with van der Waals surface area (Å²) >= 11 is 0. The zero-order chi connectivity index (χ0) is 23.7. The Morgan fingerprint density at radius 2 is 1.70 bits per heavy atom. The van der Waals surface area contributed by atoms with Gasteiger partial charge in [-0.3, -0.25) is 4.79 Å². The van der Waals surface area contributed by atoms with Gasteiger partial charge < -0.3 is 4.74 Å². The third kappa shape index (κ3) is 6.47. The van der Waals surface area contributed by atoms with Crippen molar-refractivity contribution in [2.45, 2.75) is 96.8 Å². The van der Waals surface area contributed by atoms with Crippen LogP contribution in [0.1, 0.15) is 101 Å². The monoisotopic (exact) mass is 445 g/mol. The molecule has 0 heterocycles. The Balaban J connectivity index is 1.80. The fraction of sp³-hybridized carbons (Fsp3) is 0.533. The Bertz CT molecular complexity index is 946. The molecule has 3 rings (SSSR count). The maximum Gasteiger partial charge on any atom is 0.321 e. The number of carbonyl (C=O) groups excluding carboxylic acids is 1. The Kier molecular flexibility index (Phi) is 9.12. The number of hydrogen-bond acceptors (Lipinski definition) is 3. The van der Waals surface area contributed by atoms with Gasteiger partial charge in [0, 0.05) is 0 Å². The lowest BCUT2D eigenvalue weighted by Crippen LogP contribution is -2.41. The largest absolute Gasteiger partial charge is 0.424 e. The lowest BCUT2D eigenvalue weighted by atomic mass is 9.69. The van der Waals surface area contributed by atoms with Crippen molar-refractivity contribution < 1.29 is 9.53 Å². The first-order chi connectivity index (χ1) is 16.0. The molecule has 2 aromatic carbocycles. The fourth-order valence-corrected chi connectivity index (χ4v) is 4.90. The zero-order valence-corrected chi connectivity index (χ0v) is 20.7. The van der Waals surface area contributed by atoms with E-state index < -0.39 is 5.41 Å². The third-order valence-corrected chi connectivity index (χ3v) is 7.05. The van der Waals surface area contributed by atoms with E-state index in [1.165, 1.54) is 18.4 Å². The SMILES string of the molecule is CCCCCc1ccc(OC(=O)C2(c3ccc(CCC(C)C)cc3)CCCCC2)c(C#N)c1. The molecule has 0 unspecified atom stereocenters. The Morgan fingerprint density at radius 3 is 2.33 bits per heavy atom. The Morgan fingerprint density at radius 1 is 1.00 bits per heavy atom. The predicted molar refractivity (Wildman–Crippen MR) is 134 cm³/mol. The molecular weight excluding hydrogens is 406 g/mol. The third-order valence-electron chi connectivity index (χ3n) is 7.05. The number of esters is 1. The number of nitrogens with zero attached hydrogens (tertiary/aromatic N) is 1. The van der Waals surface area contributed by atoms with Crippen LogP contribution >= 0.6 is 0 Å². The molecule has 0 radical (unpaired) electrons. The molecule has 1 aliphatic carbocycles. The number of rotatable bonds is 10. The molecule has 0 N–H and O–H groups in total. The van der Waals surface area contributed by atoms with Crippen molar-refractivity contribution in [1.82, 2.24) is 0 Å². The van der Waals surface area contributed by atoms with E-state index in [2.05, 4.69) is 51.1 Å². The van der Waals surface area contributed by atoms with Crippen LogP contribution < -0.4 is 4.74 Å². The molecule has 0 aliphatic heterocycles. The molecule has 0 saturated heterocycles. The molecule has 0 spiro atoms. The van der Waals surface area contributed by atoms with Gasteiger partial charge in [0.1, 0.15) is 11.8 Å². The molecule has 1 saturated carbocycles. The predicted octanol–water partition coefficient (Wildman–Crippen LogP) is 7.69. The standard InChI is InChI=1S/C30H39NO2/c1-4-5-7-10-25-15-18-28(26(21-25)22-31)33-29(32)30(19-8-6-9-20-30)27-16-13-24(14-17-27)12-11-23(2)3/h13-18,21,23H,4-12,19-20H2,1-3H3. The van der Waals surface area contributed by atoms with Crippen molar-refractivity contribution in [2.75, 3.05) is 0 Å². The van der Waals surface area contributed by atoms with E-state index in [9.17, 15) is 10.1 Å². The summed E-state index contributed by atoms with van der Waals surface area (Å²) < 4.78 is 5.96. The van der Waals surface area contributed by atoms with Gasteiger partial charge in [-0.15, -0.1) is 0 Å². The summed E-state index contributed by atoms with van der Waals surface area (Å²) in [6, 6.07) is 16.5. The summed E-state index contributed by atoms with van der Waals surface area (Å²) in [5.41, 5.74) is 3.32.